The lowest BCUT2D eigenvalue weighted by molar-refractivity contribution is -0.161. The monoisotopic (exact) mass is 797 g/mol. The van der Waals surface area contributed by atoms with Gasteiger partial charge >= 0.3 is 11.9 Å². The second kappa shape index (κ2) is 19.5. The van der Waals surface area contributed by atoms with Gasteiger partial charge in [-0.25, -0.2) is 9.78 Å². The van der Waals surface area contributed by atoms with E-state index in [0.29, 0.717) is 34.5 Å². The molecular formula is C46H59N3O9. The van der Waals surface area contributed by atoms with Crippen LogP contribution in [0.4, 0.5) is 0 Å². The summed E-state index contributed by atoms with van der Waals surface area (Å²) in [5, 5.41) is 6.49. The molecule has 1 fully saturated rings. The second-order valence-corrected chi connectivity index (χ2v) is 16.7. The number of pyridine rings is 1. The number of benzene rings is 2. The number of esters is 2. The Bertz CT molecular complexity index is 1980. The van der Waals surface area contributed by atoms with E-state index >= 15 is 0 Å². The Morgan fingerprint density at radius 1 is 0.897 bits per heavy atom. The van der Waals surface area contributed by atoms with Crippen LogP contribution in [0.2, 0.25) is 0 Å². The highest BCUT2D eigenvalue weighted by Gasteiger charge is 2.41. The van der Waals surface area contributed by atoms with E-state index in [2.05, 4.69) is 10.6 Å². The lowest BCUT2D eigenvalue weighted by Crippen LogP contribution is -2.56. The molecule has 1 saturated carbocycles. The van der Waals surface area contributed by atoms with Crippen molar-refractivity contribution >= 4 is 40.4 Å². The molecule has 5 rings (SSSR count). The highest BCUT2D eigenvalue weighted by molar-refractivity contribution is 6.04. The summed E-state index contributed by atoms with van der Waals surface area (Å²) in [5.41, 5.74) is 1.58. The number of carbonyl (C=O) groups is 5. The van der Waals surface area contributed by atoms with Crippen LogP contribution in [0.5, 0.6) is 11.5 Å². The van der Waals surface area contributed by atoms with Crippen LogP contribution in [0.3, 0.4) is 0 Å². The Hall–Kier alpha value is -5.26. The van der Waals surface area contributed by atoms with Crippen LogP contribution in [-0.2, 0) is 33.4 Å². The summed E-state index contributed by atoms with van der Waals surface area (Å²) < 4.78 is 22.9. The van der Waals surface area contributed by atoms with Crippen molar-refractivity contribution in [2.45, 2.75) is 117 Å². The van der Waals surface area contributed by atoms with Crippen molar-refractivity contribution < 1.29 is 42.9 Å². The molecule has 2 N–H and O–H groups in total. The van der Waals surface area contributed by atoms with Crippen LogP contribution < -0.4 is 20.1 Å². The first-order valence-corrected chi connectivity index (χ1v) is 20.5. The summed E-state index contributed by atoms with van der Waals surface area (Å²) in [5.74, 6) is -3.41. The number of hydrogen-bond donors (Lipinski definition) is 2. The minimum Gasteiger partial charge on any atom is -0.497 e. The lowest BCUT2D eigenvalue weighted by atomic mass is 9.83. The molecule has 312 valence electrons. The number of Topliss-reactive ketones (excluding diaryl/α,β-unsaturated/α-hetero) is 1. The molecule has 2 aromatic carbocycles. The van der Waals surface area contributed by atoms with E-state index < -0.39 is 59.4 Å². The Morgan fingerprint density at radius 3 is 2.22 bits per heavy atom. The van der Waals surface area contributed by atoms with Crippen LogP contribution in [0, 0.1) is 23.7 Å². The summed E-state index contributed by atoms with van der Waals surface area (Å²) in [6.45, 7) is 10.7. The maximum atomic E-state index is 14.4. The van der Waals surface area contributed by atoms with E-state index in [1.54, 1.807) is 47.8 Å². The number of nitrogens with zero attached hydrogens (tertiary/aromatic N) is 1. The molecule has 58 heavy (non-hydrogen) atoms. The van der Waals surface area contributed by atoms with Crippen molar-refractivity contribution in [2.24, 2.45) is 23.7 Å². The summed E-state index contributed by atoms with van der Waals surface area (Å²) in [6, 6.07) is 15.1. The van der Waals surface area contributed by atoms with Gasteiger partial charge in [-0.1, -0.05) is 70.4 Å². The molecule has 3 aromatic rings. The fourth-order valence-corrected chi connectivity index (χ4v) is 7.82. The largest absolute Gasteiger partial charge is 0.497 e. The van der Waals surface area contributed by atoms with Crippen molar-refractivity contribution in [1.29, 1.82) is 0 Å². The molecule has 2 unspecified atom stereocenters. The fourth-order valence-electron chi connectivity index (χ4n) is 7.82. The highest BCUT2D eigenvalue weighted by atomic mass is 16.6. The minimum atomic E-state index is -1.03. The van der Waals surface area contributed by atoms with Gasteiger partial charge in [-0.05, 0) is 70.1 Å². The molecule has 0 saturated heterocycles. The molecular weight excluding hydrogens is 739 g/mol. The standard InChI is InChI=1S/C46H59N3O9/c1-9-28(44(53)58-46(4,5)6)22-38(50)34-23-32(57-39-26-36(29-16-12-10-13-17-29)47-37-25-31(55-7)20-21-33(37)39)24-35(34)42(51)48-40(27(2)3)43(52)49-41(45(54)56-8)30-18-14-11-15-19-30/h10,12-13,16-17,20-21,24-28,30,32,34,40-41H,9,11,14-15,18-19,22-23H2,1-8H3,(H,48,51)(H,49,52)/t28-,32?,34?,40+,41+/m1/s1. The van der Waals surface area contributed by atoms with Gasteiger partial charge in [-0.2, -0.15) is 0 Å². The van der Waals surface area contributed by atoms with Gasteiger partial charge in [0.25, 0.3) is 0 Å². The van der Waals surface area contributed by atoms with E-state index in [1.165, 1.54) is 7.11 Å². The van der Waals surface area contributed by atoms with Gasteiger partial charge in [0.2, 0.25) is 11.8 Å². The molecule has 12 nitrogen and oxygen atoms in total. The van der Waals surface area contributed by atoms with Gasteiger partial charge in [0.15, 0.2) is 0 Å². The fraction of sp³-hybridized carbons (Fsp3) is 0.522. The van der Waals surface area contributed by atoms with E-state index in [9.17, 15) is 24.0 Å². The molecule has 0 spiro atoms. The maximum Gasteiger partial charge on any atom is 0.328 e. The maximum absolute atomic E-state index is 14.4. The Morgan fingerprint density at radius 2 is 1.60 bits per heavy atom. The lowest BCUT2D eigenvalue weighted by Gasteiger charge is -2.31. The number of methoxy groups -OCH3 is 2. The average Bonchev–Trinajstić information content (AvgIpc) is 3.64. The molecule has 0 radical (unpaired) electrons. The number of aromatic nitrogens is 1. The first kappa shape index (κ1) is 43.9. The number of nitrogens with one attached hydrogen (secondary N) is 2. The first-order chi connectivity index (χ1) is 27.6. The molecule has 0 aliphatic heterocycles. The first-order valence-electron chi connectivity index (χ1n) is 20.5. The number of hydrogen-bond acceptors (Lipinski definition) is 10. The number of ether oxygens (including phenoxy) is 4. The van der Waals surface area contributed by atoms with E-state index in [1.807, 2.05) is 61.5 Å². The number of rotatable bonds is 16. The quantitative estimate of drug-likeness (QED) is 0.141. The Labute approximate surface area is 341 Å². The van der Waals surface area contributed by atoms with E-state index in [-0.39, 0.29) is 36.0 Å². The van der Waals surface area contributed by atoms with Crippen molar-refractivity contribution in [3.63, 3.8) is 0 Å². The van der Waals surface area contributed by atoms with Crippen molar-refractivity contribution in [3.8, 4) is 22.8 Å². The van der Waals surface area contributed by atoms with Gasteiger partial charge in [-0.15, -0.1) is 0 Å². The summed E-state index contributed by atoms with van der Waals surface area (Å²) in [7, 11) is 2.88. The van der Waals surface area contributed by atoms with Crippen LogP contribution in [-0.4, -0.2) is 72.5 Å². The number of ketones is 1. The van der Waals surface area contributed by atoms with Gasteiger partial charge in [0, 0.05) is 41.5 Å². The van der Waals surface area contributed by atoms with E-state index in [0.717, 1.165) is 37.7 Å². The predicted octanol–water partition coefficient (Wildman–Crippen LogP) is 7.31. The zero-order valence-electron chi connectivity index (χ0n) is 35.1. The van der Waals surface area contributed by atoms with E-state index in [4.69, 9.17) is 23.9 Å². The summed E-state index contributed by atoms with van der Waals surface area (Å²) in [6.07, 6.45) is 5.80. The summed E-state index contributed by atoms with van der Waals surface area (Å²) >= 11 is 0. The molecule has 5 atom stereocenters. The topological polar surface area (TPSA) is 159 Å². The normalized spacial score (nSPS) is 18.7. The zero-order chi connectivity index (χ0) is 42.1. The third kappa shape index (κ3) is 11.0. The average molecular weight is 798 g/mol. The molecule has 2 aliphatic carbocycles. The minimum absolute atomic E-state index is 0.0737. The van der Waals surface area contributed by atoms with Gasteiger partial charge < -0.3 is 29.6 Å². The SMILES string of the molecule is CC[C@H](CC(=O)C1CC(Oc2cc(-c3ccccc3)nc3cc(OC)ccc23)C=C1C(=O)N[C@H](C(=O)N[C@H](C(=O)OC)C1CCCCC1)C(C)C)C(=O)OC(C)(C)C. The third-order valence-corrected chi connectivity index (χ3v) is 11.0. The van der Waals surface area contributed by atoms with Crippen molar-refractivity contribution in [1.82, 2.24) is 15.6 Å². The number of amides is 2. The van der Waals surface area contributed by atoms with Crippen LogP contribution in [0.25, 0.3) is 22.2 Å². The molecule has 2 amide bonds. The van der Waals surface area contributed by atoms with Crippen LogP contribution >= 0.6 is 0 Å². The molecule has 12 heteroatoms. The second-order valence-electron chi connectivity index (χ2n) is 16.7. The molecule has 0 bridgehead atoms. The van der Waals surface area contributed by atoms with Gasteiger partial charge in [-0.3, -0.25) is 19.2 Å². The van der Waals surface area contributed by atoms with Gasteiger partial charge in [0.1, 0.15) is 41.1 Å². The molecule has 2 aliphatic rings. The smallest absolute Gasteiger partial charge is 0.328 e. The van der Waals surface area contributed by atoms with Crippen molar-refractivity contribution in [2.75, 3.05) is 14.2 Å². The third-order valence-electron chi connectivity index (χ3n) is 11.0. The highest BCUT2D eigenvalue weighted by Crippen LogP contribution is 2.37. The summed E-state index contributed by atoms with van der Waals surface area (Å²) in [4.78, 5) is 73.5. The Kier molecular flexibility index (Phi) is 14.7. The van der Waals surface area contributed by atoms with Crippen LogP contribution in [0.1, 0.15) is 92.9 Å². The Balaban J connectivity index is 1.47. The number of fused-ring (bicyclic) bond motifs is 1. The van der Waals surface area contributed by atoms with Crippen molar-refractivity contribution in [3.05, 3.63) is 66.2 Å². The number of carbonyl (C=O) groups excluding carboxylic acids is 5. The van der Waals surface area contributed by atoms with Gasteiger partial charge in [0.05, 0.1) is 37.3 Å². The van der Waals surface area contributed by atoms with Crippen LogP contribution in [0.15, 0.2) is 66.2 Å². The zero-order valence-corrected chi connectivity index (χ0v) is 35.1. The predicted molar refractivity (Wildman–Crippen MR) is 221 cm³/mol. The molecule has 1 aromatic heterocycles. The molecule has 1 heterocycles.